The Kier molecular flexibility index (Phi) is 4.75. The number of aromatic amines is 1. The Labute approximate surface area is 160 Å². The number of nitrogens with zero attached hydrogens (tertiary/aromatic N) is 2. The summed E-state index contributed by atoms with van der Waals surface area (Å²) in [5.74, 6) is -0.0166. The summed E-state index contributed by atoms with van der Waals surface area (Å²) >= 11 is 1.59. The topological polar surface area (TPSA) is 103 Å². The SMILES string of the molecule is CC1CCc2c(sc3nc(CCC(=O)N4CCC[C@@H]4C(=O)O)[nH]c(=O)c23)C1. The molecule has 144 valence electrons. The third kappa shape index (κ3) is 3.38. The van der Waals surface area contributed by atoms with Gasteiger partial charge in [-0.05, 0) is 43.6 Å². The number of rotatable bonds is 4. The van der Waals surface area contributed by atoms with Gasteiger partial charge in [0.1, 0.15) is 16.7 Å². The number of thiophene rings is 1. The second-order valence-electron chi connectivity index (χ2n) is 7.63. The van der Waals surface area contributed by atoms with Crippen LogP contribution in [-0.4, -0.2) is 44.4 Å². The molecule has 2 aromatic heterocycles. The third-order valence-electron chi connectivity index (χ3n) is 5.65. The highest BCUT2D eigenvalue weighted by Crippen LogP contribution is 2.35. The smallest absolute Gasteiger partial charge is 0.326 e. The third-order valence-corrected chi connectivity index (χ3v) is 6.80. The molecule has 1 saturated heterocycles. The van der Waals surface area contributed by atoms with Gasteiger partial charge in [-0.25, -0.2) is 9.78 Å². The van der Waals surface area contributed by atoms with Gasteiger partial charge in [0.2, 0.25) is 5.91 Å². The van der Waals surface area contributed by atoms with E-state index in [1.54, 1.807) is 11.3 Å². The predicted octanol–water partition coefficient (Wildman–Crippen LogP) is 2.12. The molecule has 27 heavy (non-hydrogen) atoms. The molecule has 0 radical (unpaired) electrons. The predicted molar refractivity (Wildman–Crippen MR) is 102 cm³/mol. The molecule has 0 saturated carbocycles. The highest BCUT2D eigenvalue weighted by Gasteiger charge is 2.33. The van der Waals surface area contributed by atoms with Crippen LogP contribution in [0.2, 0.25) is 0 Å². The summed E-state index contributed by atoms with van der Waals surface area (Å²) < 4.78 is 0. The van der Waals surface area contributed by atoms with Crippen LogP contribution in [0.3, 0.4) is 0 Å². The van der Waals surface area contributed by atoms with Crippen LogP contribution < -0.4 is 5.56 Å². The summed E-state index contributed by atoms with van der Waals surface area (Å²) in [6.07, 6.45) is 4.69. The molecule has 7 nitrogen and oxygen atoms in total. The molecule has 8 heteroatoms. The van der Waals surface area contributed by atoms with Gasteiger partial charge in [-0.2, -0.15) is 0 Å². The van der Waals surface area contributed by atoms with E-state index in [-0.39, 0.29) is 17.9 Å². The van der Waals surface area contributed by atoms with Crippen molar-refractivity contribution >= 4 is 33.4 Å². The molecule has 0 spiro atoms. The average molecular weight is 389 g/mol. The number of carboxylic acid groups (broad SMARTS) is 1. The second kappa shape index (κ2) is 7.07. The number of likely N-dealkylation sites (tertiary alicyclic amines) is 1. The number of aryl methyl sites for hydroxylation is 2. The maximum absolute atomic E-state index is 12.6. The van der Waals surface area contributed by atoms with E-state index in [2.05, 4.69) is 16.9 Å². The van der Waals surface area contributed by atoms with Gasteiger partial charge in [-0.1, -0.05) is 6.92 Å². The van der Waals surface area contributed by atoms with Crippen molar-refractivity contribution in [2.24, 2.45) is 5.92 Å². The number of aromatic nitrogens is 2. The summed E-state index contributed by atoms with van der Waals surface area (Å²) in [5.41, 5.74) is 1.02. The fourth-order valence-electron chi connectivity index (χ4n) is 4.20. The lowest BCUT2D eigenvalue weighted by Crippen LogP contribution is -2.40. The van der Waals surface area contributed by atoms with Crippen LogP contribution in [-0.2, 0) is 28.9 Å². The number of hydrogen-bond acceptors (Lipinski definition) is 5. The number of carbonyl (C=O) groups excluding carboxylic acids is 1. The van der Waals surface area contributed by atoms with Crippen molar-refractivity contribution in [2.45, 2.75) is 57.9 Å². The van der Waals surface area contributed by atoms with E-state index in [1.165, 1.54) is 9.78 Å². The van der Waals surface area contributed by atoms with E-state index in [0.29, 0.717) is 42.9 Å². The zero-order chi connectivity index (χ0) is 19.1. The minimum Gasteiger partial charge on any atom is -0.480 e. The molecule has 2 aromatic rings. The van der Waals surface area contributed by atoms with E-state index in [9.17, 15) is 19.5 Å². The number of nitrogens with one attached hydrogen (secondary N) is 1. The summed E-state index contributed by atoms with van der Waals surface area (Å²) in [7, 11) is 0. The Morgan fingerprint density at radius 1 is 1.37 bits per heavy atom. The van der Waals surface area contributed by atoms with Crippen LogP contribution in [0.4, 0.5) is 0 Å². The number of amides is 1. The highest BCUT2D eigenvalue weighted by molar-refractivity contribution is 7.18. The van der Waals surface area contributed by atoms with Crippen LogP contribution in [0.5, 0.6) is 0 Å². The number of aliphatic carboxylic acids is 1. The van der Waals surface area contributed by atoms with Crippen molar-refractivity contribution in [3.8, 4) is 0 Å². The molecule has 2 N–H and O–H groups in total. The van der Waals surface area contributed by atoms with Crippen LogP contribution in [0.25, 0.3) is 10.2 Å². The number of H-pyrrole nitrogens is 1. The average Bonchev–Trinajstić information content (AvgIpc) is 3.23. The number of carbonyl (C=O) groups is 2. The van der Waals surface area contributed by atoms with Crippen molar-refractivity contribution in [1.82, 2.24) is 14.9 Å². The fourth-order valence-corrected chi connectivity index (χ4v) is 5.61. The lowest BCUT2D eigenvalue weighted by Gasteiger charge is -2.21. The molecule has 3 heterocycles. The van der Waals surface area contributed by atoms with Crippen molar-refractivity contribution in [1.29, 1.82) is 0 Å². The molecule has 4 rings (SSSR count). The van der Waals surface area contributed by atoms with Crippen LogP contribution >= 0.6 is 11.3 Å². The van der Waals surface area contributed by atoms with E-state index >= 15 is 0 Å². The molecule has 1 aliphatic carbocycles. The molecule has 2 aliphatic rings. The Balaban J connectivity index is 1.52. The zero-order valence-electron chi connectivity index (χ0n) is 15.3. The summed E-state index contributed by atoms with van der Waals surface area (Å²) in [6.45, 7) is 2.71. The maximum Gasteiger partial charge on any atom is 0.326 e. The number of fused-ring (bicyclic) bond motifs is 3. The summed E-state index contributed by atoms with van der Waals surface area (Å²) in [6, 6.07) is -0.724. The molecule has 1 unspecified atom stereocenters. The minimum absolute atomic E-state index is 0.126. The van der Waals surface area contributed by atoms with Gasteiger partial charge >= 0.3 is 5.97 Å². The molecule has 0 aromatic carbocycles. The van der Waals surface area contributed by atoms with Crippen LogP contribution in [0.15, 0.2) is 4.79 Å². The Morgan fingerprint density at radius 2 is 2.19 bits per heavy atom. The lowest BCUT2D eigenvalue weighted by molar-refractivity contribution is -0.148. The van der Waals surface area contributed by atoms with Gasteiger partial charge in [0.25, 0.3) is 5.56 Å². The Bertz CT molecular complexity index is 964. The van der Waals surface area contributed by atoms with Crippen molar-refractivity contribution in [2.75, 3.05) is 6.54 Å². The first-order chi connectivity index (χ1) is 12.9. The highest BCUT2D eigenvalue weighted by atomic mass is 32.1. The molecule has 1 aliphatic heterocycles. The molecular formula is C19H23N3O4S. The van der Waals surface area contributed by atoms with Gasteiger partial charge in [0.05, 0.1) is 5.39 Å². The van der Waals surface area contributed by atoms with Crippen molar-refractivity contribution < 1.29 is 14.7 Å². The quantitative estimate of drug-likeness (QED) is 0.834. The molecule has 1 fully saturated rings. The van der Waals surface area contributed by atoms with Gasteiger partial charge in [-0.3, -0.25) is 9.59 Å². The van der Waals surface area contributed by atoms with Gasteiger partial charge < -0.3 is 15.0 Å². The van der Waals surface area contributed by atoms with E-state index in [4.69, 9.17) is 0 Å². The normalized spacial score (nSPS) is 22.2. The zero-order valence-corrected chi connectivity index (χ0v) is 16.1. The van der Waals surface area contributed by atoms with Crippen molar-refractivity contribution in [3.05, 3.63) is 26.6 Å². The Hall–Kier alpha value is -2.22. The maximum atomic E-state index is 12.6. The largest absolute Gasteiger partial charge is 0.480 e. The molecule has 1 amide bonds. The first-order valence-corrected chi connectivity index (χ1v) is 10.3. The fraction of sp³-hybridized carbons (Fsp3) is 0.579. The minimum atomic E-state index is -0.952. The van der Waals surface area contributed by atoms with E-state index in [0.717, 1.165) is 29.7 Å². The Morgan fingerprint density at radius 3 is 2.96 bits per heavy atom. The van der Waals surface area contributed by atoms with E-state index < -0.39 is 12.0 Å². The molecule has 0 bridgehead atoms. The molecular weight excluding hydrogens is 366 g/mol. The lowest BCUT2D eigenvalue weighted by atomic mass is 9.89. The van der Waals surface area contributed by atoms with Crippen molar-refractivity contribution in [3.63, 3.8) is 0 Å². The second-order valence-corrected chi connectivity index (χ2v) is 8.71. The number of carboxylic acids is 1. The van der Waals surface area contributed by atoms with Gasteiger partial charge in [-0.15, -0.1) is 11.3 Å². The van der Waals surface area contributed by atoms with Gasteiger partial charge in [0, 0.05) is 24.3 Å². The standard InChI is InChI=1S/C19H23N3O4S/c1-10-4-5-11-13(9-10)27-18-16(11)17(24)20-14(21-18)6-7-15(23)22-8-2-3-12(22)19(25)26/h10,12H,2-9H2,1H3,(H,25,26)(H,20,21,24)/t10?,12-/m1/s1. The summed E-state index contributed by atoms with van der Waals surface area (Å²) in [4.78, 5) is 47.1. The van der Waals surface area contributed by atoms with Crippen LogP contribution in [0.1, 0.15) is 48.9 Å². The number of hydrogen-bond donors (Lipinski definition) is 2. The first kappa shape index (κ1) is 18.2. The molecule has 2 atom stereocenters. The van der Waals surface area contributed by atoms with Crippen LogP contribution in [0, 0.1) is 5.92 Å². The van der Waals surface area contributed by atoms with Gasteiger partial charge in [0.15, 0.2) is 0 Å². The first-order valence-electron chi connectivity index (χ1n) is 9.49. The summed E-state index contributed by atoms with van der Waals surface area (Å²) in [5, 5.41) is 9.93. The monoisotopic (exact) mass is 389 g/mol. The van der Waals surface area contributed by atoms with E-state index in [1.807, 2.05) is 0 Å².